The van der Waals surface area contributed by atoms with Crippen molar-refractivity contribution in [2.75, 3.05) is 19.1 Å². The topological polar surface area (TPSA) is 58.7 Å². The summed E-state index contributed by atoms with van der Waals surface area (Å²) < 4.78 is 10.4. The number of aliphatic hydroxyl groups excluding tert-OH is 1. The first-order valence-electron chi connectivity index (χ1n) is 5.62. The van der Waals surface area contributed by atoms with E-state index < -0.39 is 0 Å². The van der Waals surface area contributed by atoms with Crippen LogP contribution in [-0.4, -0.2) is 24.2 Å². The Morgan fingerprint density at radius 2 is 2.06 bits per heavy atom. The van der Waals surface area contributed by atoms with Gasteiger partial charge in [-0.15, -0.1) is 0 Å². The highest BCUT2D eigenvalue weighted by molar-refractivity contribution is 5.32. The van der Waals surface area contributed by atoms with Crippen LogP contribution in [0.5, 0.6) is 5.75 Å². The molecule has 0 bridgehead atoms. The average molecular weight is 248 g/mol. The van der Waals surface area contributed by atoms with E-state index >= 15 is 0 Å². The first kappa shape index (κ1) is 12.4. The zero-order valence-electron chi connectivity index (χ0n) is 10.5. The van der Waals surface area contributed by atoms with Crippen molar-refractivity contribution in [3.05, 3.63) is 41.8 Å². The van der Waals surface area contributed by atoms with Crippen molar-refractivity contribution in [3.8, 4) is 5.75 Å². The molecular weight excluding hydrogens is 232 g/mol. The summed E-state index contributed by atoms with van der Waals surface area (Å²) in [5.74, 6) is 0.833. The van der Waals surface area contributed by atoms with Gasteiger partial charge in [0.1, 0.15) is 17.7 Å². The van der Waals surface area contributed by atoms with Crippen molar-refractivity contribution in [2.24, 2.45) is 0 Å². The first-order chi connectivity index (χ1) is 8.72. The average Bonchev–Trinajstić information content (AvgIpc) is 2.88. The van der Waals surface area contributed by atoms with E-state index in [9.17, 15) is 0 Å². The van der Waals surface area contributed by atoms with E-state index in [1.54, 1.807) is 7.11 Å². The van der Waals surface area contributed by atoms with Gasteiger partial charge in [-0.1, -0.05) is 12.1 Å². The third kappa shape index (κ3) is 2.81. The van der Waals surface area contributed by atoms with Crippen molar-refractivity contribution in [1.29, 1.82) is 0 Å². The molecule has 1 heterocycles. The number of benzene rings is 1. The zero-order chi connectivity index (χ0) is 13.0. The third-order valence-electron chi connectivity index (χ3n) is 2.61. The smallest absolute Gasteiger partial charge is 0.297 e. The molecule has 0 atom stereocenters. The number of rotatable bonds is 5. The summed E-state index contributed by atoms with van der Waals surface area (Å²) in [6.07, 6.45) is 1.46. The second-order valence-corrected chi connectivity index (χ2v) is 3.98. The molecule has 0 aliphatic rings. The van der Waals surface area contributed by atoms with E-state index in [-0.39, 0.29) is 6.61 Å². The van der Waals surface area contributed by atoms with Crippen LogP contribution in [0.15, 0.2) is 34.9 Å². The quantitative estimate of drug-likeness (QED) is 0.874. The summed E-state index contributed by atoms with van der Waals surface area (Å²) in [5, 5.41) is 8.93. The fraction of sp³-hybridized carbons (Fsp3) is 0.308. The molecule has 1 aromatic carbocycles. The molecule has 2 rings (SSSR count). The molecule has 0 radical (unpaired) electrons. The van der Waals surface area contributed by atoms with Gasteiger partial charge in [0.2, 0.25) is 0 Å². The maximum Gasteiger partial charge on any atom is 0.297 e. The maximum absolute atomic E-state index is 8.93. The molecule has 2 aromatic rings. The zero-order valence-corrected chi connectivity index (χ0v) is 10.5. The Morgan fingerprint density at radius 3 is 2.61 bits per heavy atom. The van der Waals surface area contributed by atoms with Crippen LogP contribution < -0.4 is 9.64 Å². The predicted molar refractivity (Wildman–Crippen MR) is 67.5 cm³/mol. The van der Waals surface area contributed by atoms with Gasteiger partial charge in [0.25, 0.3) is 6.01 Å². The van der Waals surface area contributed by atoms with Crippen molar-refractivity contribution in [2.45, 2.75) is 13.2 Å². The molecule has 0 amide bonds. The van der Waals surface area contributed by atoms with Gasteiger partial charge in [0.15, 0.2) is 0 Å². The van der Waals surface area contributed by atoms with Crippen LogP contribution in [0.3, 0.4) is 0 Å². The molecule has 0 aliphatic carbocycles. The van der Waals surface area contributed by atoms with Crippen molar-refractivity contribution in [3.63, 3.8) is 0 Å². The number of aliphatic hydroxyl groups is 1. The minimum atomic E-state index is -0.111. The van der Waals surface area contributed by atoms with Crippen LogP contribution in [0, 0.1) is 0 Å². The Labute approximate surface area is 106 Å². The van der Waals surface area contributed by atoms with Crippen molar-refractivity contribution < 1.29 is 14.3 Å². The van der Waals surface area contributed by atoms with Crippen LogP contribution in [0.4, 0.5) is 6.01 Å². The minimum Gasteiger partial charge on any atom is -0.497 e. The number of hydrogen-bond donors (Lipinski definition) is 1. The normalized spacial score (nSPS) is 10.4. The lowest BCUT2D eigenvalue weighted by atomic mass is 10.2. The van der Waals surface area contributed by atoms with Crippen LogP contribution in [0.25, 0.3) is 0 Å². The first-order valence-corrected chi connectivity index (χ1v) is 5.62. The van der Waals surface area contributed by atoms with Crippen LogP contribution in [-0.2, 0) is 13.2 Å². The molecule has 1 N–H and O–H groups in total. The van der Waals surface area contributed by atoms with E-state index in [4.69, 9.17) is 14.3 Å². The molecule has 0 saturated carbocycles. The Kier molecular flexibility index (Phi) is 3.84. The number of aromatic nitrogens is 1. The molecule has 0 aliphatic heterocycles. The van der Waals surface area contributed by atoms with Crippen molar-refractivity contribution >= 4 is 6.01 Å². The maximum atomic E-state index is 8.93. The molecule has 5 nitrogen and oxygen atoms in total. The van der Waals surface area contributed by atoms with Crippen LogP contribution in [0.1, 0.15) is 11.3 Å². The summed E-state index contributed by atoms with van der Waals surface area (Å²) in [6.45, 7) is 0.565. The van der Waals surface area contributed by atoms with Crippen LogP contribution in [0.2, 0.25) is 0 Å². The molecular formula is C13H16N2O3. The van der Waals surface area contributed by atoms with Gasteiger partial charge in [-0.25, -0.2) is 0 Å². The number of methoxy groups -OCH3 is 1. The Bertz CT molecular complexity index is 493. The highest BCUT2D eigenvalue weighted by atomic mass is 16.5. The van der Waals surface area contributed by atoms with Crippen LogP contribution >= 0.6 is 0 Å². The number of oxazole rings is 1. The number of nitrogens with zero attached hydrogens (tertiary/aromatic N) is 2. The summed E-state index contributed by atoms with van der Waals surface area (Å²) >= 11 is 0. The Hall–Kier alpha value is -2.01. The number of ether oxygens (including phenoxy) is 1. The molecule has 0 saturated heterocycles. The molecule has 0 spiro atoms. The molecule has 0 fully saturated rings. The van der Waals surface area contributed by atoms with E-state index in [0.717, 1.165) is 11.3 Å². The van der Waals surface area contributed by atoms with E-state index in [2.05, 4.69) is 4.98 Å². The van der Waals surface area contributed by atoms with E-state index in [1.807, 2.05) is 36.2 Å². The van der Waals surface area contributed by atoms with E-state index in [0.29, 0.717) is 18.3 Å². The summed E-state index contributed by atoms with van der Waals surface area (Å²) in [5.41, 5.74) is 1.66. The van der Waals surface area contributed by atoms with Gasteiger partial charge in [0, 0.05) is 13.6 Å². The monoisotopic (exact) mass is 248 g/mol. The lowest BCUT2D eigenvalue weighted by Crippen LogP contribution is -2.16. The third-order valence-corrected chi connectivity index (χ3v) is 2.61. The Morgan fingerprint density at radius 1 is 1.33 bits per heavy atom. The molecule has 18 heavy (non-hydrogen) atoms. The summed E-state index contributed by atoms with van der Waals surface area (Å²) in [6, 6.07) is 8.31. The van der Waals surface area contributed by atoms with Crippen molar-refractivity contribution in [1.82, 2.24) is 4.98 Å². The summed E-state index contributed by atoms with van der Waals surface area (Å²) in [4.78, 5) is 6.02. The highest BCUT2D eigenvalue weighted by Gasteiger charge is 2.09. The molecule has 5 heteroatoms. The molecule has 96 valence electrons. The lowest BCUT2D eigenvalue weighted by molar-refractivity contribution is 0.276. The fourth-order valence-corrected chi connectivity index (χ4v) is 1.62. The van der Waals surface area contributed by atoms with Gasteiger partial charge < -0.3 is 19.2 Å². The Balaban J connectivity index is 2.03. The second-order valence-electron chi connectivity index (χ2n) is 3.98. The predicted octanol–water partition coefficient (Wildman–Crippen LogP) is 1.81. The standard InChI is InChI=1S/C13H16N2O3/c1-15(13-14-11(8-16)9-18-13)7-10-3-5-12(17-2)6-4-10/h3-6,9,16H,7-8H2,1-2H3. The minimum absolute atomic E-state index is 0.111. The molecule has 1 aromatic heterocycles. The van der Waals surface area contributed by atoms with Gasteiger partial charge in [0.05, 0.1) is 13.7 Å². The fourth-order valence-electron chi connectivity index (χ4n) is 1.62. The van der Waals surface area contributed by atoms with E-state index in [1.165, 1.54) is 6.26 Å². The largest absolute Gasteiger partial charge is 0.497 e. The molecule has 0 unspecified atom stereocenters. The second kappa shape index (κ2) is 5.55. The van der Waals surface area contributed by atoms with Gasteiger partial charge in [-0.3, -0.25) is 0 Å². The van der Waals surface area contributed by atoms with Gasteiger partial charge in [-0.05, 0) is 17.7 Å². The van der Waals surface area contributed by atoms with Gasteiger partial charge >= 0.3 is 0 Å². The summed E-state index contributed by atoms with van der Waals surface area (Å²) in [7, 11) is 3.53. The number of anilines is 1. The lowest BCUT2D eigenvalue weighted by Gasteiger charge is -2.14. The van der Waals surface area contributed by atoms with Gasteiger partial charge in [-0.2, -0.15) is 4.98 Å². The number of hydrogen-bond acceptors (Lipinski definition) is 5. The SMILES string of the molecule is COc1ccc(CN(C)c2nc(CO)co2)cc1. The highest BCUT2D eigenvalue weighted by Crippen LogP contribution is 2.17.